The second-order valence-electron chi connectivity index (χ2n) is 5.25. The minimum Gasteiger partial charge on any atom is -0.423 e. The van der Waals surface area contributed by atoms with Crippen molar-refractivity contribution in [2.45, 2.75) is 12.8 Å². The first kappa shape index (κ1) is 13.1. The molecule has 0 spiro atoms. The Labute approximate surface area is 121 Å². The van der Waals surface area contributed by atoms with Crippen molar-refractivity contribution in [3.05, 3.63) is 65.2 Å². The van der Waals surface area contributed by atoms with Crippen LogP contribution >= 0.6 is 0 Å². The normalized spacial score (nSPS) is 17.1. The average molecular weight is 270 g/mol. The smallest absolute Gasteiger partial charge is 0.423 e. The van der Waals surface area contributed by atoms with Crippen LogP contribution in [0.25, 0.3) is 0 Å². The zero-order valence-electron chi connectivity index (χ0n) is 11.0. The van der Waals surface area contributed by atoms with Crippen LogP contribution in [-0.2, 0) is 12.8 Å². The highest BCUT2D eigenvalue weighted by Crippen LogP contribution is 2.28. The lowest BCUT2D eigenvalue weighted by atomic mass is 9.79. The van der Waals surface area contributed by atoms with Crippen molar-refractivity contribution in [2.24, 2.45) is 5.92 Å². The van der Waals surface area contributed by atoms with E-state index >= 15 is 0 Å². The van der Waals surface area contributed by atoms with Gasteiger partial charge in [0.05, 0.1) is 0 Å². The minimum atomic E-state index is -1.53. The first-order chi connectivity index (χ1) is 9.65. The number of benzene rings is 2. The third-order valence-corrected chi connectivity index (χ3v) is 3.86. The molecule has 20 heavy (non-hydrogen) atoms. The van der Waals surface area contributed by atoms with Gasteiger partial charge in [-0.25, -0.2) is 0 Å². The summed E-state index contributed by atoms with van der Waals surface area (Å²) >= 11 is 0. The van der Waals surface area contributed by atoms with Gasteiger partial charge in [-0.1, -0.05) is 48.5 Å². The topological polar surface area (TPSA) is 57.5 Å². The molecule has 104 valence electrons. The number of ketones is 1. The Bertz CT molecular complexity index is 647. The fraction of sp³-hybridized carbons (Fsp3) is 0.188. The number of carbonyl (C=O) groups excluding carboxylic acids is 1. The first-order valence-electron chi connectivity index (χ1n) is 6.72. The monoisotopic (exact) mass is 270 g/mol. The highest BCUT2D eigenvalue weighted by atomic mass is 16.4. The number of hydrogen-bond acceptors (Lipinski definition) is 3. The third kappa shape index (κ3) is 2.40. The van der Waals surface area contributed by atoms with Crippen LogP contribution in [0.3, 0.4) is 0 Å². The maximum absolute atomic E-state index is 12.4. The Morgan fingerprint density at radius 2 is 1.90 bits per heavy atom. The van der Waals surface area contributed by atoms with Crippen LogP contribution in [0, 0.1) is 5.92 Å². The molecular weight excluding hydrogens is 251 g/mol. The van der Waals surface area contributed by atoms with Crippen molar-refractivity contribution in [3.8, 4) is 0 Å². The SMILES string of the molecule is O=C1c2cc(B(O)O)ccc2CC1Cc1ccccc1.[HH].[HH]. The number of hydrogen-bond donors (Lipinski definition) is 2. The maximum atomic E-state index is 12.4. The van der Waals surface area contributed by atoms with Crippen molar-refractivity contribution in [1.29, 1.82) is 0 Å². The molecule has 3 nitrogen and oxygen atoms in total. The second kappa shape index (κ2) is 5.23. The standard InChI is InChI=1S/C16H15BO3.2H2/c18-16-13(8-11-4-2-1-3-5-11)9-12-6-7-14(17(19)20)10-15(12)16;;/h1-7,10,13,19-20H,8-9H2;2*1H. The van der Waals surface area contributed by atoms with E-state index in [0.717, 1.165) is 24.0 Å². The fourth-order valence-corrected chi connectivity index (χ4v) is 2.80. The average Bonchev–Trinajstić information content (AvgIpc) is 2.76. The van der Waals surface area contributed by atoms with Gasteiger partial charge in [0, 0.05) is 14.3 Å². The molecule has 0 saturated heterocycles. The summed E-state index contributed by atoms with van der Waals surface area (Å²) in [5.41, 5.74) is 3.16. The van der Waals surface area contributed by atoms with Crippen LogP contribution in [0.5, 0.6) is 0 Å². The molecule has 0 amide bonds. The molecule has 0 bridgehead atoms. The molecule has 2 aromatic carbocycles. The van der Waals surface area contributed by atoms with Gasteiger partial charge in [-0.3, -0.25) is 4.79 Å². The Morgan fingerprint density at radius 3 is 2.60 bits per heavy atom. The molecular formula is C16H19BO3. The van der Waals surface area contributed by atoms with Gasteiger partial charge in [0.1, 0.15) is 0 Å². The van der Waals surface area contributed by atoms with Crippen LogP contribution in [0.1, 0.15) is 24.3 Å². The fourth-order valence-electron chi connectivity index (χ4n) is 2.80. The van der Waals surface area contributed by atoms with Crippen LogP contribution in [0.2, 0.25) is 0 Å². The van der Waals surface area contributed by atoms with Gasteiger partial charge in [0.2, 0.25) is 0 Å². The third-order valence-electron chi connectivity index (χ3n) is 3.86. The molecule has 1 aliphatic carbocycles. The predicted molar refractivity (Wildman–Crippen MR) is 82.2 cm³/mol. The highest BCUT2D eigenvalue weighted by Gasteiger charge is 2.31. The van der Waals surface area contributed by atoms with Crippen molar-refractivity contribution in [1.82, 2.24) is 0 Å². The summed E-state index contributed by atoms with van der Waals surface area (Å²) in [6, 6.07) is 15.1. The molecule has 1 atom stereocenters. The molecule has 0 fully saturated rings. The summed E-state index contributed by atoms with van der Waals surface area (Å²) in [7, 11) is -1.53. The highest BCUT2D eigenvalue weighted by molar-refractivity contribution is 6.58. The zero-order valence-corrected chi connectivity index (χ0v) is 11.0. The van der Waals surface area contributed by atoms with E-state index in [1.807, 2.05) is 36.4 Å². The number of Topliss-reactive ketones (excluding diaryl/α,β-unsaturated/α-hetero) is 1. The summed E-state index contributed by atoms with van der Waals surface area (Å²) in [6.07, 6.45) is 1.45. The summed E-state index contributed by atoms with van der Waals surface area (Å²) < 4.78 is 0. The van der Waals surface area contributed by atoms with Crippen LogP contribution in [0.4, 0.5) is 0 Å². The zero-order chi connectivity index (χ0) is 14.1. The van der Waals surface area contributed by atoms with E-state index in [2.05, 4.69) is 0 Å². The molecule has 1 unspecified atom stereocenters. The van der Waals surface area contributed by atoms with Gasteiger partial charge in [0.25, 0.3) is 0 Å². The Hall–Kier alpha value is -1.91. The van der Waals surface area contributed by atoms with Gasteiger partial charge >= 0.3 is 7.12 Å². The molecule has 2 aromatic rings. The van der Waals surface area contributed by atoms with E-state index in [-0.39, 0.29) is 14.6 Å². The number of rotatable bonds is 3. The quantitative estimate of drug-likeness (QED) is 0.830. The lowest BCUT2D eigenvalue weighted by Gasteiger charge is -2.07. The minimum absolute atomic E-state index is 0. The van der Waals surface area contributed by atoms with Crippen molar-refractivity contribution >= 4 is 18.4 Å². The van der Waals surface area contributed by atoms with Crippen LogP contribution in [-0.4, -0.2) is 22.9 Å². The molecule has 0 aromatic heterocycles. The molecule has 1 aliphatic rings. The Morgan fingerprint density at radius 1 is 1.15 bits per heavy atom. The summed E-state index contributed by atoms with van der Waals surface area (Å²) in [5.74, 6) is 0.0600. The van der Waals surface area contributed by atoms with Gasteiger partial charge in [-0.2, -0.15) is 0 Å². The van der Waals surface area contributed by atoms with Gasteiger partial charge < -0.3 is 10.0 Å². The largest absolute Gasteiger partial charge is 0.488 e. The molecule has 0 aliphatic heterocycles. The lowest BCUT2D eigenvalue weighted by molar-refractivity contribution is 0.0936. The van der Waals surface area contributed by atoms with Crippen LogP contribution < -0.4 is 5.46 Å². The number of fused-ring (bicyclic) bond motifs is 1. The first-order valence-corrected chi connectivity index (χ1v) is 6.72. The Kier molecular flexibility index (Phi) is 3.43. The van der Waals surface area contributed by atoms with Gasteiger partial charge in [-0.15, -0.1) is 0 Å². The molecule has 0 saturated carbocycles. The van der Waals surface area contributed by atoms with Crippen molar-refractivity contribution < 1.29 is 17.7 Å². The van der Waals surface area contributed by atoms with Crippen LogP contribution in [0.15, 0.2) is 48.5 Å². The Balaban J connectivity index is 0.00000121. The van der Waals surface area contributed by atoms with E-state index in [0.29, 0.717) is 11.0 Å². The lowest BCUT2D eigenvalue weighted by Crippen LogP contribution is -2.30. The maximum Gasteiger partial charge on any atom is 0.488 e. The molecule has 4 heteroatoms. The van der Waals surface area contributed by atoms with E-state index in [4.69, 9.17) is 0 Å². The van der Waals surface area contributed by atoms with E-state index < -0.39 is 7.12 Å². The van der Waals surface area contributed by atoms with Crippen molar-refractivity contribution in [3.63, 3.8) is 0 Å². The summed E-state index contributed by atoms with van der Waals surface area (Å²) in [4.78, 5) is 12.4. The predicted octanol–water partition coefficient (Wildman–Crippen LogP) is 1.46. The van der Waals surface area contributed by atoms with E-state index in [1.54, 1.807) is 12.1 Å². The summed E-state index contributed by atoms with van der Waals surface area (Å²) in [5, 5.41) is 18.4. The van der Waals surface area contributed by atoms with Gasteiger partial charge in [-0.05, 0) is 29.4 Å². The molecule has 3 rings (SSSR count). The van der Waals surface area contributed by atoms with E-state index in [9.17, 15) is 14.8 Å². The van der Waals surface area contributed by atoms with Gasteiger partial charge in [0.15, 0.2) is 5.78 Å². The molecule has 0 heterocycles. The summed E-state index contributed by atoms with van der Waals surface area (Å²) in [6.45, 7) is 0. The van der Waals surface area contributed by atoms with Crippen molar-refractivity contribution in [2.75, 3.05) is 0 Å². The molecule has 2 N–H and O–H groups in total. The second-order valence-corrected chi connectivity index (χ2v) is 5.25. The molecule has 0 radical (unpaired) electrons. The van der Waals surface area contributed by atoms with E-state index in [1.165, 1.54) is 0 Å². The number of carbonyl (C=O) groups is 1.